The van der Waals surface area contributed by atoms with E-state index < -0.39 is 0 Å². The smallest absolute Gasteiger partial charge is 0.224 e. The van der Waals surface area contributed by atoms with E-state index in [1.54, 1.807) is 0 Å². The van der Waals surface area contributed by atoms with Gasteiger partial charge in [0, 0.05) is 6.54 Å². The minimum absolute atomic E-state index is 0. The van der Waals surface area contributed by atoms with E-state index in [0.29, 0.717) is 6.54 Å². The Kier molecular flexibility index (Phi) is 8.28. The first-order valence-corrected chi connectivity index (χ1v) is 7.91. The molecular weight excluding hydrogens is 300 g/mol. The van der Waals surface area contributed by atoms with Gasteiger partial charge >= 0.3 is 0 Å². The molecule has 2 unspecified atom stereocenters. The molecule has 2 atom stereocenters. The Morgan fingerprint density at radius 1 is 1.45 bits per heavy atom. The number of ether oxygens (including phenoxy) is 1. The molecule has 0 radical (unpaired) electrons. The number of carbonyl (C=O) groups excluding carboxylic acids is 1. The van der Waals surface area contributed by atoms with Crippen LogP contribution in [0.5, 0.6) is 5.75 Å². The second kappa shape index (κ2) is 9.70. The molecule has 0 saturated carbocycles. The second-order valence-corrected chi connectivity index (χ2v) is 5.70. The topological polar surface area (TPSA) is 50.4 Å². The molecule has 1 aliphatic rings. The summed E-state index contributed by atoms with van der Waals surface area (Å²) in [6, 6.07) is 7.99. The van der Waals surface area contributed by atoms with Crippen LogP contribution in [0.1, 0.15) is 31.7 Å². The number of rotatable bonds is 6. The fourth-order valence-corrected chi connectivity index (χ4v) is 2.57. The highest BCUT2D eigenvalue weighted by molar-refractivity contribution is 5.85. The summed E-state index contributed by atoms with van der Waals surface area (Å²) in [5, 5.41) is 6.31. The van der Waals surface area contributed by atoms with Crippen molar-refractivity contribution in [2.75, 3.05) is 19.6 Å². The summed E-state index contributed by atoms with van der Waals surface area (Å²) in [6.07, 6.45) is 2.95. The van der Waals surface area contributed by atoms with Gasteiger partial charge in [0.1, 0.15) is 11.9 Å². The van der Waals surface area contributed by atoms with Gasteiger partial charge in [0.05, 0.1) is 12.5 Å². The molecule has 1 aromatic rings. The minimum Gasteiger partial charge on any atom is -0.488 e. The van der Waals surface area contributed by atoms with Gasteiger partial charge in [-0.25, -0.2) is 0 Å². The van der Waals surface area contributed by atoms with Crippen molar-refractivity contribution >= 4 is 18.3 Å². The molecule has 4 nitrogen and oxygen atoms in total. The number of aryl methyl sites for hydroxylation is 1. The van der Waals surface area contributed by atoms with Crippen LogP contribution in [0.3, 0.4) is 0 Å². The lowest BCUT2D eigenvalue weighted by atomic mass is 9.99. The number of carbonyl (C=O) groups is 1. The van der Waals surface area contributed by atoms with E-state index in [1.165, 1.54) is 0 Å². The third kappa shape index (κ3) is 5.50. The molecule has 1 heterocycles. The van der Waals surface area contributed by atoms with Crippen molar-refractivity contribution < 1.29 is 9.53 Å². The van der Waals surface area contributed by atoms with Gasteiger partial charge < -0.3 is 15.4 Å². The van der Waals surface area contributed by atoms with Gasteiger partial charge in [-0.1, -0.05) is 25.1 Å². The van der Waals surface area contributed by atoms with Crippen molar-refractivity contribution in [1.82, 2.24) is 10.6 Å². The largest absolute Gasteiger partial charge is 0.488 e. The van der Waals surface area contributed by atoms with E-state index in [2.05, 4.69) is 17.6 Å². The Hall–Kier alpha value is -1.26. The number of nitrogens with one attached hydrogen (secondary N) is 2. The van der Waals surface area contributed by atoms with Crippen molar-refractivity contribution in [3.05, 3.63) is 29.8 Å². The van der Waals surface area contributed by atoms with E-state index in [4.69, 9.17) is 4.74 Å². The summed E-state index contributed by atoms with van der Waals surface area (Å²) in [5.41, 5.74) is 1.12. The Balaban J connectivity index is 0.00000242. The van der Waals surface area contributed by atoms with E-state index in [1.807, 2.05) is 31.2 Å². The lowest BCUT2D eigenvalue weighted by molar-refractivity contribution is -0.125. The number of halogens is 1. The van der Waals surface area contributed by atoms with Crippen LogP contribution in [0.25, 0.3) is 0 Å². The number of hydrogen-bond acceptors (Lipinski definition) is 3. The molecule has 1 fully saturated rings. The summed E-state index contributed by atoms with van der Waals surface area (Å²) in [4.78, 5) is 12.1. The van der Waals surface area contributed by atoms with Gasteiger partial charge in [-0.15, -0.1) is 12.4 Å². The molecule has 1 aliphatic heterocycles. The molecule has 124 valence electrons. The molecule has 1 amide bonds. The first-order valence-electron chi connectivity index (χ1n) is 7.91. The average Bonchev–Trinajstić information content (AvgIpc) is 2.53. The maximum absolute atomic E-state index is 12.1. The van der Waals surface area contributed by atoms with Crippen molar-refractivity contribution in [1.29, 1.82) is 0 Å². The molecule has 0 aliphatic carbocycles. The van der Waals surface area contributed by atoms with Crippen molar-refractivity contribution in [3.63, 3.8) is 0 Å². The first-order chi connectivity index (χ1) is 10.2. The minimum atomic E-state index is 0. The van der Waals surface area contributed by atoms with Crippen LogP contribution < -0.4 is 15.4 Å². The van der Waals surface area contributed by atoms with Crippen LogP contribution >= 0.6 is 12.4 Å². The number of benzene rings is 1. The van der Waals surface area contributed by atoms with Gasteiger partial charge in [0.2, 0.25) is 5.91 Å². The second-order valence-electron chi connectivity index (χ2n) is 5.70. The molecular formula is C17H27ClN2O2. The third-order valence-electron chi connectivity index (χ3n) is 4.01. The lowest BCUT2D eigenvalue weighted by Crippen LogP contribution is -2.43. The molecule has 22 heavy (non-hydrogen) atoms. The Morgan fingerprint density at radius 3 is 2.86 bits per heavy atom. The van der Waals surface area contributed by atoms with Crippen LogP contribution in [0.4, 0.5) is 0 Å². The maximum atomic E-state index is 12.1. The fraction of sp³-hybridized carbons (Fsp3) is 0.588. The van der Waals surface area contributed by atoms with Crippen molar-refractivity contribution in [2.45, 2.75) is 39.2 Å². The van der Waals surface area contributed by atoms with E-state index >= 15 is 0 Å². The van der Waals surface area contributed by atoms with E-state index in [0.717, 1.165) is 43.7 Å². The van der Waals surface area contributed by atoms with Gasteiger partial charge in [-0.05, 0) is 44.4 Å². The highest BCUT2D eigenvalue weighted by atomic mass is 35.5. The SMILES string of the molecule is CCC(CNC(=O)C1CCCNC1)Oc1ccccc1C.Cl. The third-order valence-corrected chi connectivity index (χ3v) is 4.01. The molecule has 1 aromatic carbocycles. The molecule has 1 saturated heterocycles. The number of amides is 1. The maximum Gasteiger partial charge on any atom is 0.224 e. The van der Waals surface area contributed by atoms with E-state index in [-0.39, 0.29) is 30.3 Å². The Labute approximate surface area is 139 Å². The number of piperidine rings is 1. The van der Waals surface area contributed by atoms with Gasteiger partial charge in [-0.3, -0.25) is 4.79 Å². The van der Waals surface area contributed by atoms with Crippen LogP contribution in [0.15, 0.2) is 24.3 Å². The Bertz CT molecular complexity index is 462. The molecule has 0 bridgehead atoms. The molecule has 5 heteroatoms. The summed E-state index contributed by atoms with van der Waals surface area (Å²) >= 11 is 0. The highest BCUT2D eigenvalue weighted by Crippen LogP contribution is 2.18. The zero-order chi connectivity index (χ0) is 15.1. The predicted molar refractivity (Wildman–Crippen MR) is 91.7 cm³/mol. The normalized spacial score (nSPS) is 18.9. The van der Waals surface area contributed by atoms with Crippen LogP contribution in [-0.2, 0) is 4.79 Å². The van der Waals surface area contributed by atoms with Gasteiger partial charge in [0.15, 0.2) is 0 Å². The molecule has 2 rings (SSSR count). The summed E-state index contributed by atoms with van der Waals surface area (Å²) in [5.74, 6) is 1.15. The van der Waals surface area contributed by atoms with Crippen LogP contribution in [0, 0.1) is 12.8 Å². The number of hydrogen-bond donors (Lipinski definition) is 2. The predicted octanol–water partition coefficient (Wildman–Crippen LogP) is 2.69. The molecule has 2 N–H and O–H groups in total. The summed E-state index contributed by atoms with van der Waals surface area (Å²) in [7, 11) is 0. The number of para-hydroxylation sites is 1. The lowest BCUT2D eigenvalue weighted by Gasteiger charge is -2.24. The highest BCUT2D eigenvalue weighted by Gasteiger charge is 2.21. The molecule has 0 aromatic heterocycles. The summed E-state index contributed by atoms with van der Waals surface area (Å²) < 4.78 is 6.00. The molecule has 0 spiro atoms. The van der Waals surface area contributed by atoms with E-state index in [9.17, 15) is 4.79 Å². The zero-order valence-corrected chi connectivity index (χ0v) is 14.2. The quantitative estimate of drug-likeness (QED) is 0.845. The van der Waals surface area contributed by atoms with Crippen molar-refractivity contribution in [2.24, 2.45) is 5.92 Å². The monoisotopic (exact) mass is 326 g/mol. The average molecular weight is 327 g/mol. The fourth-order valence-electron chi connectivity index (χ4n) is 2.57. The standard InChI is InChI=1S/C17H26N2O2.ClH/c1-3-15(21-16-9-5-4-7-13(16)2)12-19-17(20)14-8-6-10-18-11-14;/h4-5,7,9,14-15,18H,3,6,8,10-12H2,1-2H3,(H,19,20);1H. The first kappa shape index (κ1) is 18.8. The zero-order valence-electron chi connectivity index (χ0n) is 13.4. The summed E-state index contributed by atoms with van der Waals surface area (Å²) in [6.45, 7) is 6.50. The van der Waals surface area contributed by atoms with Crippen LogP contribution in [-0.4, -0.2) is 31.6 Å². The van der Waals surface area contributed by atoms with Crippen molar-refractivity contribution in [3.8, 4) is 5.75 Å². The Morgan fingerprint density at radius 2 is 2.23 bits per heavy atom. The van der Waals surface area contributed by atoms with Gasteiger partial charge in [0.25, 0.3) is 0 Å². The van der Waals surface area contributed by atoms with Gasteiger partial charge in [-0.2, -0.15) is 0 Å². The van der Waals surface area contributed by atoms with Crippen LogP contribution in [0.2, 0.25) is 0 Å².